The largest absolute Gasteiger partial charge is 0.353 e. The molecule has 2 heterocycles. The second-order valence-electron chi connectivity index (χ2n) is 4.64. The fourth-order valence-electron chi connectivity index (χ4n) is 2.13. The van der Waals surface area contributed by atoms with Crippen molar-refractivity contribution in [3.8, 4) is 0 Å². The van der Waals surface area contributed by atoms with Crippen molar-refractivity contribution in [1.82, 2.24) is 15.6 Å². The molecule has 1 atom stereocenters. The van der Waals surface area contributed by atoms with Crippen molar-refractivity contribution in [2.75, 3.05) is 18.4 Å². The van der Waals surface area contributed by atoms with Gasteiger partial charge in [0.05, 0.1) is 12.1 Å². The second kappa shape index (κ2) is 5.26. The molecule has 3 N–H and O–H groups in total. The van der Waals surface area contributed by atoms with Crippen molar-refractivity contribution in [1.29, 1.82) is 0 Å². The standard InChI is InChI=1S/C14H14N4O2/c19-13-8-16-12(7-17-13)14(20)18-10-3-4-11-9(6-10)2-1-5-15-11/h1-6,12,16H,7-8H2,(H,17,19)(H,18,20). The molecule has 0 aliphatic carbocycles. The van der Waals surface area contributed by atoms with Gasteiger partial charge in [-0.15, -0.1) is 0 Å². The summed E-state index contributed by atoms with van der Waals surface area (Å²) in [5.41, 5.74) is 1.60. The number of nitrogens with one attached hydrogen (secondary N) is 3. The topological polar surface area (TPSA) is 83.1 Å². The third kappa shape index (κ3) is 2.60. The molecule has 1 aromatic heterocycles. The molecule has 0 saturated carbocycles. The van der Waals surface area contributed by atoms with E-state index in [1.54, 1.807) is 6.20 Å². The van der Waals surface area contributed by atoms with Crippen molar-refractivity contribution in [3.63, 3.8) is 0 Å². The Labute approximate surface area is 115 Å². The summed E-state index contributed by atoms with van der Waals surface area (Å²) < 4.78 is 0. The minimum atomic E-state index is -0.405. The summed E-state index contributed by atoms with van der Waals surface area (Å²) in [5, 5.41) is 9.35. The van der Waals surface area contributed by atoms with Gasteiger partial charge in [0.15, 0.2) is 0 Å². The van der Waals surface area contributed by atoms with Gasteiger partial charge in [0.2, 0.25) is 11.8 Å². The molecule has 3 rings (SSSR count). The molecule has 0 radical (unpaired) electrons. The number of benzene rings is 1. The van der Waals surface area contributed by atoms with Crippen LogP contribution in [0.2, 0.25) is 0 Å². The Morgan fingerprint density at radius 1 is 1.35 bits per heavy atom. The maximum Gasteiger partial charge on any atom is 0.243 e. The average Bonchev–Trinajstić information content (AvgIpc) is 2.48. The lowest BCUT2D eigenvalue weighted by Crippen LogP contribution is -2.56. The first-order valence-corrected chi connectivity index (χ1v) is 6.38. The van der Waals surface area contributed by atoms with Gasteiger partial charge in [-0.3, -0.25) is 19.9 Å². The Morgan fingerprint density at radius 2 is 2.25 bits per heavy atom. The predicted octanol–water partition coefficient (Wildman–Crippen LogP) is 0.261. The molecule has 0 spiro atoms. The number of pyridine rings is 1. The summed E-state index contributed by atoms with van der Waals surface area (Å²) in [6.07, 6.45) is 1.73. The summed E-state index contributed by atoms with van der Waals surface area (Å²) >= 11 is 0. The number of piperazine rings is 1. The van der Waals surface area contributed by atoms with Crippen molar-refractivity contribution in [3.05, 3.63) is 36.5 Å². The molecule has 6 nitrogen and oxygen atoms in total. The van der Waals surface area contributed by atoms with E-state index >= 15 is 0 Å². The molecule has 20 heavy (non-hydrogen) atoms. The average molecular weight is 270 g/mol. The second-order valence-corrected chi connectivity index (χ2v) is 4.64. The van der Waals surface area contributed by atoms with E-state index in [-0.39, 0.29) is 18.4 Å². The summed E-state index contributed by atoms with van der Waals surface area (Å²) in [7, 11) is 0. The van der Waals surface area contributed by atoms with E-state index in [0.717, 1.165) is 10.9 Å². The first-order valence-electron chi connectivity index (χ1n) is 6.38. The highest BCUT2D eigenvalue weighted by atomic mass is 16.2. The van der Waals surface area contributed by atoms with Gasteiger partial charge in [-0.1, -0.05) is 6.07 Å². The molecule has 1 aromatic carbocycles. The molecule has 1 aliphatic heterocycles. The van der Waals surface area contributed by atoms with Crippen LogP contribution >= 0.6 is 0 Å². The van der Waals surface area contributed by atoms with Gasteiger partial charge < -0.3 is 10.6 Å². The third-order valence-corrected chi connectivity index (χ3v) is 3.20. The zero-order valence-electron chi connectivity index (χ0n) is 10.7. The minimum absolute atomic E-state index is 0.0918. The molecule has 0 bridgehead atoms. The summed E-state index contributed by atoms with van der Waals surface area (Å²) in [5.74, 6) is -0.251. The van der Waals surface area contributed by atoms with Crippen LogP contribution in [0.4, 0.5) is 5.69 Å². The lowest BCUT2D eigenvalue weighted by molar-refractivity contribution is -0.124. The van der Waals surface area contributed by atoms with Crippen molar-refractivity contribution < 1.29 is 9.59 Å². The van der Waals surface area contributed by atoms with Gasteiger partial charge in [0, 0.05) is 23.8 Å². The van der Waals surface area contributed by atoms with Gasteiger partial charge in [0.1, 0.15) is 6.04 Å². The van der Waals surface area contributed by atoms with E-state index in [1.165, 1.54) is 0 Å². The van der Waals surface area contributed by atoms with Crippen LogP contribution in [0, 0.1) is 0 Å². The van der Waals surface area contributed by atoms with Crippen LogP contribution in [0.1, 0.15) is 0 Å². The molecule has 6 heteroatoms. The van der Waals surface area contributed by atoms with Crippen molar-refractivity contribution in [2.45, 2.75) is 6.04 Å². The Kier molecular flexibility index (Phi) is 3.30. The Morgan fingerprint density at radius 3 is 3.05 bits per heavy atom. The van der Waals surface area contributed by atoms with Crippen molar-refractivity contribution >= 4 is 28.4 Å². The number of nitrogens with zero attached hydrogens (tertiary/aromatic N) is 1. The van der Waals surface area contributed by atoms with E-state index in [1.807, 2.05) is 30.3 Å². The lowest BCUT2D eigenvalue weighted by atomic mass is 10.1. The summed E-state index contributed by atoms with van der Waals surface area (Å²) in [4.78, 5) is 27.3. The molecule has 2 amide bonds. The monoisotopic (exact) mass is 270 g/mol. The predicted molar refractivity (Wildman–Crippen MR) is 75.2 cm³/mol. The maximum atomic E-state index is 12.1. The SMILES string of the molecule is O=C1CNC(C(=O)Nc2ccc3ncccc3c2)CN1. The number of carbonyl (C=O) groups is 2. The Hall–Kier alpha value is -2.47. The number of hydrogen-bond donors (Lipinski definition) is 3. The normalized spacial score (nSPS) is 18.6. The molecule has 102 valence electrons. The van der Waals surface area contributed by atoms with E-state index in [2.05, 4.69) is 20.9 Å². The highest BCUT2D eigenvalue weighted by molar-refractivity contribution is 5.98. The van der Waals surface area contributed by atoms with Gasteiger partial charge in [-0.2, -0.15) is 0 Å². The van der Waals surface area contributed by atoms with Gasteiger partial charge in [-0.25, -0.2) is 0 Å². The highest BCUT2D eigenvalue weighted by Gasteiger charge is 2.23. The van der Waals surface area contributed by atoms with E-state index in [0.29, 0.717) is 12.2 Å². The number of fused-ring (bicyclic) bond motifs is 1. The molecule has 1 saturated heterocycles. The number of amides is 2. The number of anilines is 1. The summed E-state index contributed by atoms with van der Waals surface area (Å²) in [6.45, 7) is 0.472. The molecule has 1 unspecified atom stereocenters. The van der Waals surface area contributed by atoms with E-state index in [4.69, 9.17) is 0 Å². The van der Waals surface area contributed by atoms with E-state index in [9.17, 15) is 9.59 Å². The zero-order chi connectivity index (χ0) is 13.9. The zero-order valence-corrected chi connectivity index (χ0v) is 10.7. The Balaban J connectivity index is 1.72. The van der Waals surface area contributed by atoms with Gasteiger partial charge >= 0.3 is 0 Å². The van der Waals surface area contributed by atoms with E-state index < -0.39 is 6.04 Å². The number of rotatable bonds is 2. The third-order valence-electron chi connectivity index (χ3n) is 3.20. The molecular weight excluding hydrogens is 256 g/mol. The Bertz CT molecular complexity index is 661. The highest BCUT2D eigenvalue weighted by Crippen LogP contribution is 2.17. The smallest absolute Gasteiger partial charge is 0.243 e. The number of hydrogen-bond acceptors (Lipinski definition) is 4. The number of aromatic nitrogens is 1. The quantitative estimate of drug-likeness (QED) is 0.731. The van der Waals surface area contributed by atoms with Crippen molar-refractivity contribution in [2.24, 2.45) is 0 Å². The molecule has 2 aromatic rings. The first kappa shape index (κ1) is 12.6. The van der Waals surface area contributed by atoms with Crippen LogP contribution < -0.4 is 16.0 Å². The molecule has 1 aliphatic rings. The fourth-order valence-corrected chi connectivity index (χ4v) is 2.13. The molecule has 1 fully saturated rings. The van der Waals surface area contributed by atoms with Crippen LogP contribution in [0.3, 0.4) is 0 Å². The fraction of sp³-hybridized carbons (Fsp3) is 0.214. The van der Waals surface area contributed by atoms with Gasteiger partial charge in [-0.05, 0) is 24.3 Å². The molecular formula is C14H14N4O2. The van der Waals surface area contributed by atoms with Crippen LogP contribution in [-0.4, -0.2) is 35.9 Å². The maximum absolute atomic E-state index is 12.1. The van der Waals surface area contributed by atoms with Gasteiger partial charge in [0.25, 0.3) is 0 Å². The number of carbonyl (C=O) groups excluding carboxylic acids is 2. The van der Waals surface area contributed by atoms with Crippen LogP contribution in [0.5, 0.6) is 0 Å². The first-order chi connectivity index (χ1) is 9.72. The van der Waals surface area contributed by atoms with Crippen LogP contribution in [-0.2, 0) is 9.59 Å². The minimum Gasteiger partial charge on any atom is -0.353 e. The summed E-state index contributed by atoms with van der Waals surface area (Å²) in [6, 6.07) is 8.94. The van der Waals surface area contributed by atoms with Crippen LogP contribution in [0.15, 0.2) is 36.5 Å². The van der Waals surface area contributed by atoms with Crippen LogP contribution in [0.25, 0.3) is 10.9 Å². The lowest BCUT2D eigenvalue weighted by Gasteiger charge is -2.23.